The molecule has 2 atom stereocenters. The Morgan fingerprint density at radius 1 is 1.34 bits per heavy atom. The molecule has 0 spiro atoms. The summed E-state index contributed by atoms with van der Waals surface area (Å²) in [6.45, 7) is 5.08. The summed E-state index contributed by atoms with van der Waals surface area (Å²) < 4.78 is 11.0. The molecule has 0 aliphatic carbocycles. The van der Waals surface area contributed by atoms with Gasteiger partial charge in [-0.15, -0.1) is 17.8 Å². The fourth-order valence-electron chi connectivity index (χ4n) is 4.11. The van der Waals surface area contributed by atoms with Crippen LogP contribution < -0.4 is 14.8 Å². The summed E-state index contributed by atoms with van der Waals surface area (Å²) in [7, 11) is 3.23. The van der Waals surface area contributed by atoms with Gasteiger partial charge in [0, 0.05) is 24.0 Å². The zero-order valence-electron chi connectivity index (χ0n) is 17.3. The number of ether oxygens (including phenoxy) is 2. The molecule has 3 rings (SSSR count). The molecule has 0 unspecified atom stereocenters. The fourth-order valence-corrected chi connectivity index (χ4v) is 4.64. The zero-order chi connectivity index (χ0) is 21.0. The van der Waals surface area contributed by atoms with Crippen LogP contribution in [-0.2, 0) is 5.54 Å². The zero-order valence-corrected chi connectivity index (χ0v) is 18.1. The Bertz CT molecular complexity index is 869. The summed E-state index contributed by atoms with van der Waals surface area (Å²) in [5.41, 5.74) is 2.09. The Morgan fingerprint density at radius 3 is 2.55 bits per heavy atom. The van der Waals surface area contributed by atoms with Crippen molar-refractivity contribution in [3.05, 3.63) is 40.3 Å². The molecule has 2 heterocycles. The highest BCUT2D eigenvalue weighted by Crippen LogP contribution is 2.41. The predicted octanol–water partition coefficient (Wildman–Crippen LogP) is 3.29. The minimum absolute atomic E-state index is 0.183. The van der Waals surface area contributed by atoms with Crippen molar-refractivity contribution in [1.82, 2.24) is 15.2 Å². The lowest BCUT2D eigenvalue weighted by atomic mass is 9.75. The smallest absolute Gasteiger partial charge is 0.271 e. The number of terminal acetylenes is 1. The first kappa shape index (κ1) is 21.2. The number of carbonyl (C=O) groups excluding carboxylic acids is 1. The van der Waals surface area contributed by atoms with Crippen molar-refractivity contribution in [3.63, 3.8) is 0 Å². The third-order valence-corrected chi connectivity index (χ3v) is 6.04. The molecular weight excluding hydrogens is 386 g/mol. The van der Waals surface area contributed by atoms with Gasteiger partial charge in [-0.25, -0.2) is 4.98 Å². The van der Waals surface area contributed by atoms with Crippen LogP contribution in [0.25, 0.3) is 0 Å². The van der Waals surface area contributed by atoms with Crippen LogP contribution in [0.3, 0.4) is 0 Å². The highest BCUT2D eigenvalue weighted by Gasteiger charge is 2.48. The first-order valence-electron chi connectivity index (χ1n) is 9.63. The molecule has 1 amide bonds. The number of aromatic nitrogens is 1. The van der Waals surface area contributed by atoms with E-state index < -0.39 is 5.54 Å². The second-order valence-corrected chi connectivity index (χ2v) is 8.06. The quantitative estimate of drug-likeness (QED) is 0.737. The van der Waals surface area contributed by atoms with Crippen LogP contribution in [-0.4, -0.2) is 48.6 Å². The fraction of sp³-hybridized carbons (Fsp3) is 0.455. The minimum Gasteiger partial charge on any atom is -0.497 e. The molecule has 0 saturated carbocycles. The molecule has 0 bridgehead atoms. The Hall–Kier alpha value is -2.56. The number of hydrogen-bond acceptors (Lipinski definition) is 6. The highest BCUT2D eigenvalue weighted by molar-refractivity contribution is 7.07. The molecule has 7 heteroatoms. The second kappa shape index (κ2) is 8.85. The van der Waals surface area contributed by atoms with E-state index in [2.05, 4.69) is 35.0 Å². The van der Waals surface area contributed by atoms with E-state index in [4.69, 9.17) is 15.9 Å². The molecule has 1 aromatic carbocycles. The van der Waals surface area contributed by atoms with Gasteiger partial charge < -0.3 is 14.8 Å². The molecule has 1 aliphatic rings. The molecule has 6 nitrogen and oxygen atoms in total. The Balaban J connectivity index is 2.12. The van der Waals surface area contributed by atoms with Gasteiger partial charge >= 0.3 is 0 Å². The monoisotopic (exact) mass is 413 g/mol. The largest absolute Gasteiger partial charge is 0.497 e. The number of benzene rings is 1. The second-order valence-electron chi connectivity index (χ2n) is 7.34. The van der Waals surface area contributed by atoms with E-state index in [0.717, 1.165) is 24.9 Å². The molecule has 29 heavy (non-hydrogen) atoms. The predicted molar refractivity (Wildman–Crippen MR) is 115 cm³/mol. The lowest BCUT2D eigenvalue weighted by Gasteiger charge is -2.51. The van der Waals surface area contributed by atoms with Gasteiger partial charge in [-0.05, 0) is 44.4 Å². The van der Waals surface area contributed by atoms with E-state index >= 15 is 0 Å². The van der Waals surface area contributed by atoms with E-state index in [9.17, 15) is 4.79 Å². The van der Waals surface area contributed by atoms with Crippen molar-refractivity contribution in [2.24, 2.45) is 0 Å². The first-order valence-corrected chi connectivity index (χ1v) is 10.6. The topological polar surface area (TPSA) is 63.7 Å². The molecule has 1 aliphatic heterocycles. The number of nitrogens with zero attached hydrogens (tertiary/aromatic N) is 2. The maximum absolute atomic E-state index is 12.8. The van der Waals surface area contributed by atoms with Gasteiger partial charge in [-0.3, -0.25) is 9.69 Å². The number of carbonyl (C=O) groups is 1. The van der Waals surface area contributed by atoms with E-state index in [1.54, 1.807) is 25.1 Å². The molecule has 1 saturated heterocycles. The molecule has 1 fully saturated rings. The van der Waals surface area contributed by atoms with Gasteiger partial charge in [-0.2, -0.15) is 0 Å². The maximum Gasteiger partial charge on any atom is 0.271 e. The Labute approximate surface area is 176 Å². The van der Waals surface area contributed by atoms with Crippen molar-refractivity contribution in [2.45, 2.75) is 44.3 Å². The average molecular weight is 414 g/mol. The van der Waals surface area contributed by atoms with Crippen LogP contribution in [0, 0.1) is 12.3 Å². The number of methoxy groups -OCH3 is 2. The number of thiazole rings is 1. The van der Waals surface area contributed by atoms with Gasteiger partial charge in [0.05, 0.1) is 25.8 Å². The van der Waals surface area contributed by atoms with Crippen molar-refractivity contribution >= 4 is 17.2 Å². The van der Waals surface area contributed by atoms with Gasteiger partial charge in [0.25, 0.3) is 5.91 Å². The van der Waals surface area contributed by atoms with Crippen molar-refractivity contribution in [2.75, 3.05) is 20.8 Å². The Morgan fingerprint density at radius 2 is 2.03 bits per heavy atom. The van der Waals surface area contributed by atoms with Gasteiger partial charge in [0.2, 0.25) is 0 Å². The van der Waals surface area contributed by atoms with Crippen LogP contribution >= 0.6 is 11.3 Å². The highest BCUT2D eigenvalue weighted by atomic mass is 32.1. The minimum atomic E-state index is -0.833. The number of nitrogens with one attached hydrogen (secondary N) is 1. The molecule has 1 N–H and O–H groups in total. The van der Waals surface area contributed by atoms with Gasteiger partial charge in [-0.1, -0.05) is 5.92 Å². The van der Waals surface area contributed by atoms with Crippen molar-refractivity contribution in [1.29, 1.82) is 0 Å². The molecule has 2 aromatic rings. The van der Waals surface area contributed by atoms with Crippen LogP contribution in [0.1, 0.15) is 42.7 Å². The van der Waals surface area contributed by atoms with Crippen LogP contribution in [0.4, 0.5) is 0 Å². The third-order valence-electron chi connectivity index (χ3n) is 5.45. The van der Waals surface area contributed by atoms with Gasteiger partial charge in [0.15, 0.2) is 0 Å². The van der Waals surface area contributed by atoms with E-state index in [1.165, 1.54) is 11.3 Å². The number of likely N-dealkylation sites (tertiary alicyclic amines) is 1. The number of rotatable bonds is 6. The van der Waals surface area contributed by atoms with Crippen LogP contribution in [0.15, 0.2) is 29.1 Å². The number of amides is 1. The van der Waals surface area contributed by atoms with Crippen LogP contribution in [0.2, 0.25) is 0 Å². The summed E-state index contributed by atoms with van der Waals surface area (Å²) in [5.74, 6) is 4.16. The van der Waals surface area contributed by atoms with E-state index in [-0.39, 0.29) is 18.0 Å². The third kappa shape index (κ3) is 3.96. The molecule has 154 valence electrons. The number of piperidine rings is 1. The van der Waals surface area contributed by atoms with Crippen LogP contribution in [0.5, 0.6) is 11.5 Å². The summed E-state index contributed by atoms with van der Waals surface area (Å²) in [6, 6.07) is 5.59. The average Bonchev–Trinajstić information content (AvgIpc) is 3.28. The molecule has 1 aromatic heterocycles. The molecular formula is C22H27N3O3S. The first-order chi connectivity index (χ1) is 14.0. The summed E-state index contributed by atoms with van der Waals surface area (Å²) in [4.78, 5) is 19.2. The number of hydrogen-bond donors (Lipinski definition) is 1. The summed E-state index contributed by atoms with van der Waals surface area (Å²) >= 11 is 1.39. The maximum atomic E-state index is 12.8. The van der Waals surface area contributed by atoms with Crippen molar-refractivity contribution in [3.8, 4) is 23.8 Å². The van der Waals surface area contributed by atoms with E-state index in [1.807, 2.05) is 18.2 Å². The van der Waals surface area contributed by atoms with Crippen molar-refractivity contribution < 1.29 is 14.3 Å². The Kier molecular flexibility index (Phi) is 6.46. The van der Waals surface area contributed by atoms with E-state index in [0.29, 0.717) is 17.2 Å². The SMILES string of the molecule is C#C[C@@]1(c2cc(OC)cc(OC)c2)[C@H](NC(=O)c2cscn2)CCCN1C(C)C. The molecule has 0 radical (unpaired) electrons. The van der Waals surface area contributed by atoms with Gasteiger partial charge in [0.1, 0.15) is 22.7 Å². The summed E-state index contributed by atoms with van der Waals surface area (Å²) in [5, 5.41) is 4.90. The lowest BCUT2D eigenvalue weighted by molar-refractivity contribution is 0.0280. The lowest BCUT2D eigenvalue weighted by Crippen LogP contribution is -2.64. The standard InChI is InChI=1S/C22H27N3O3S/c1-6-22(16-10-17(27-4)12-18(11-16)28-5)20(8-7-9-25(22)15(2)3)24-21(26)19-13-29-14-23-19/h1,10-15,20H,7-9H2,2-5H3,(H,24,26)/t20-,22-/m1/s1. The summed E-state index contributed by atoms with van der Waals surface area (Å²) in [6.07, 6.45) is 7.93. The normalized spacial score (nSPS) is 22.1.